The summed E-state index contributed by atoms with van der Waals surface area (Å²) in [5, 5.41) is 68.6. The highest BCUT2D eigenvalue weighted by Crippen LogP contribution is 2.56. The molecule has 5 fully saturated rings. The van der Waals surface area contributed by atoms with Crippen LogP contribution in [0.5, 0.6) is 0 Å². The van der Waals surface area contributed by atoms with Crippen LogP contribution in [0, 0.1) is 29.6 Å². The number of carbonyl (C=O) groups is 5. The van der Waals surface area contributed by atoms with Gasteiger partial charge in [0.2, 0.25) is 81.8 Å². The van der Waals surface area contributed by atoms with Gasteiger partial charge in [-0.15, -0.1) is 11.3 Å². The van der Waals surface area contributed by atoms with Crippen molar-refractivity contribution in [2.75, 3.05) is 65.8 Å². The number of nitrogens with zero attached hydrogens (tertiary/aromatic N) is 28. The van der Waals surface area contributed by atoms with Crippen molar-refractivity contribution in [1.82, 2.24) is 138 Å². The van der Waals surface area contributed by atoms with Gasteiger partial charge in [0.05, 0.1) is 75.6 Å². The van der Waals surface area contributed by atoms with Gasteiger partial charge in [-0.2, -0.15) is 24.9 Å². The fraction of sp³-hybridized carbons (Fsp3) is 0.314. The van der Waals surface area contributed by atoms with Gasteiger partial charge in [0, 0.05) is 166 Å². The first-order valence-electron chi connectivity index (χ1n) is 49.4. The number of aliphatic hydroxyl groups excluding tert-OH is 5. The van der Waals surface area contributed by atoms with Crippen LogP contribution in [0.15, 0.2) is 218 Å². The Labute approximate surface area is 849 Å². The van der Waals surface area contributed by atoms with Gasteiger partial charge >= 0.3 is 0 Å². The summed E-state index contributed by atoms with van der Waals surface area (Å²) in [4.78, 5) is 134. The summed E-state index contributed by atoms with van der Waals surface area (Å²) >= 11 is 1.57. The van der Waals surface area contributed by atoms with E-state index in [9.17, 15) is 49.5 Å². The third-order valence-corrected chi connectivity index (χ3v) is 31.2. The van der Waals surface area contributed by atoms with E-state index in [0.29, 0.717) is 175 Å². The number of hydrogen-bond acceptors (Lipinski definition) is 35. The third kappa shape index (κ3) is 16.5. The largest absolute Gasteiger partial charge is 0.395 e. The minimum Gasteiger partial charge on any atom is -0.395 e. The van der Waals surface area contributed by atoms with Gasteiger partial charge < -0.3 is 72.6 Å². The average molecular weight is 2020 g/mol. The van der Waals surface area contributed by atoms with Gasteiger partial charge in [-0.3, -0.25) is 41.6 Å². The van der Waals surface area contributed by atoms with Crippen LogP contribution in [-0.2, 0) is 56.1 Å². The predicted octanol–water partition coefficient (Wildman–Crippen LogP) is 11.0. The first-order chi connectivity index (χ1) is 73.0. The number of rotatable bonds is 21. The van der Waals surface area contributed by atoms with E-state index in [1.165, 1.54) is 10.4 Å². The summed E-state index contributed by atoms with van der Waals surface area (Å²) in [6.07, 6.45) is 29.4. The fourth-order valence-corrected chi connectivity index (χ4v) is 24.6. The normalized spacial score (nSPS) is 20.2. The predicted molar refractivity (Wildman–Crippen MR) is 529 cm³/mol. The summed E-state index contributed by atoms with van der Waals surface area (Å²) in [6, 6.07) is 37.4. The molecule has 5 aromatic carbocycles. The number of fused-ring (bicyclic) bond motifs is 19. The van der Waals surface area contributed by atoms with E-state index in [1.54, 1.807) is 98.1 Å². The third-order valence-electron chi connectivity index (χ3n) is 29.9. The van der Waals surface area contributed by atoms with Crippen LogP contribution in [0.2, 0.25) is 0 Å². The molecule has 0 bridgehead atoms. The van der Waals surface area contributed by atoms with Gasteiger partial charge in [-0.25, -0.2) is 44.9 Å². The average Bonchev–Trinajstić information content (AvgIpc) is 1.60. The SMILES string of the molecule is CC(C)c1cnc(-c2nc(-c3cccc4c3C[C@H]3CC(=O)N(CCO)[C@@H]43)no2)s1.O=C1C[C@@H]2Cc3c(-c4noc(-c5cn6cccnc6n5)n4)cccc3[C@@H]2N1CCO.O=C1C[C@@H]2Cc3c(-c4noc(-c5cnc6ncccn56)n4)cccc3[C@@H]2N1CCO.O=C1C[C@H]2Cc3c(-c4noc(-c5cn6cccnc6n5)n4)cccc3[C@H]2N1CCO.O=C1C[C@H]2Cc3c(-c4noc(-c5cnc6ncccn56)n4)cccc3[C@H]2N1CCO. The molecule has 10 atom stereocenters. The van der Waals surface area contributed by atoms with E-state index < -0.39 is 0 Å². The van der Waals surface area contributed by atoms with Crippen LogP contribution in [-0.4, -0.2) is 258 Å². The summed E-state index contributed by atoms with van der Waals surface area (Å²) in [6.45, 7) is 5.91. The Hall–Kier alpha value is -16.9. The number of carbonyl (C=O) groups excluding carboxylic acids is 5. The van der Waals surface area contributed by atoms with E-state index in [-0.39, 0.29) is 122 Å². The van der Waals surface area contributed by atoms with Gasteiger partial charge in [0.1, 0.15) is 22.8 Å². The molecule has 0 saturated carbocycles. The quantitative estimate of drug-likeness (QED) is 0.0446. The molecule has 5 N–H and O–H groups in total. The number of likely N-dealkylation sites (tertiary alicyclic amines) is 5. The molecule has 149 heavy (non-hydrogen) atoms. The molecule has 5 amide bonds. The number of thiazole rings is 1. The lowest BCUT2D eigenvalue weighted by Gasteiger charge is -2.24. The van der Waals surface area contributed by atoms with Crippen molar-refractivity contribution in [2.24, 2.45) is 29.6 Å². The van der Waals surface area contributed by atoms with Crippen LogP contribution in [0.4, 0.5) is 0 Å². The number of aliphatic hydroxyl groups is 5. The lowest BCUT2D eigenvalue weighted by atomic mass is 10.0. The highest BCUT2D eigenvalue weighted by molar-refractivity contribution is 7.15. The molecule has 5 aliphatic heterocycles. The Balaban J connectivity index is 0.0000000966. The van der Waals surface area contributed by atoms with Gasteiger partial charge in [-0.05, 0) is 148 Å². The first kappa shape index (κ1) is 93.1. The molecule has 0 spiro atoms. The molecule has 44 heteroatoms. The van der Waals surface area contributed by atoms with E-state index in [2.05, 4.69) is 140 Å². The number of β-amino-alcohol motifs (C(OH)–C–C–N with tert-alkyl or cyclic N) is 5. The van der Waals surface area contributed by atoms with E-state index in [4.69, 9.17) is 22.6 Å². The van der Waals surface area contributed by atoms with Crippen molar-refractivity contribution in [2.45, 2.75) is 114 Å². The molecule has 43 nitrogen and oxygen atoms in total. The van der Waals surface area contributed by atoms with Crippen molar-refractivity contribution >= 4 is 64.0 Å². The molecule has 10 aliphatic rings. The zero-order valence-corrected chi connectivity index (χ0v) is 81.0. The van der Waals surface area contributed by atoms with Crippen LogP contribution in [0.1, 0.15) is 143 Å². The van der Waals surface area contributed by atoms with Gasteiger partial charge in [0.15, 0.2) is 5.01 Å². The molecule has 0 radical (unpaired) electrons. The van der Waals surface area contributed by atoms with Gasteiger partial charge in [-0.1, -0.05) is 131 Å². The Bertz CT molecular complexity index is 7940. The van der Waals surface area contributed by atoms with Crippen molar-refractivity contribution in [1.29, 1.82) is 0 Å². The lowest BCUT2D eigenvalue weighted by Crippen LogP contribution is -2.30. The molecule has 19 aromatic rings. The van der Waals surface area contributed by atoms with Crippen LogP contribution >= 0.6 is 11.3 Å². The molecule has 29 rings (SSSR count). The maximum absolute atomic E-state index is 12.3. The lowest BCUT2D eigenvalue weighted by molar-refractivity contribution is -0.130. The Morgan fingerprint density at radius 2 is 0.597 bits per heavy atom. The summed E-state index contributed by atoms with van der Waals surface area (Å²) in [7, 11) is 0. The topological polar surface area (TPSA) is 531 Å². The number of aromatic nitrogens is 23. The first-order valence-corrected chi connectivity index (χ1v) is 50.3. The zero-order chi connectivity index (χ0) is 101. The van der Waals surface area contributed by atoms with Crippen molar-refractivity contribution in [3.63, 3.8) is 0 Å². The smallest absolute Gasteiger partial charge is 0.287 e. The molecular weight excluding hydrogens is 1930 g/mol. The summed E-state index contributed by atoms with van der Waals surface area (Å²) in [5.41, 5.74) is 18.4. The maximum atomic E-state index is 12.3. The Morgan fingerprint density at radius 3 is 0.893 bits per heavy atom. The molecule has 0 unspecified atom stereocenters. The highest BCUT2D eigenvalue weighted by Gasteiger charge is 2.52. The Morgan fingerprint density at radius 1 is 0.315 bits per heavy atom. The maximum Gasteiger partial charge on any atom is 0.287 e. The van der Waals surface area contributed by atoms with E-state index >= 15 is 0 Å². The summed E-state index contributed by atoms with van der Waals surface area (Å²) < 4.78 is 34.8. The Kier molecular flexibility index (Phi) is 24.0. The van der Waals surface area contributed by atoms with E-state index in [0.717, 1.165) is 115 Å². The second kappa shape index (κ2) is 38.5. The number of imidazole rings is 4. The minimum atomic E-state index is -0.0357. The van der Waals surface area contributed by atoms with Crippen molar-refractivity contribution in [3.8, 4) is 114 Å². The fourth-order valence-electron chi connectivity index (χ4n) is 23.8. The molecule has 750 valence electrons. The molecule has 5 aliphatic carbocycles. The van der Waals surface area contributed by atoms with Gasteiger partial charge in [0.25, 0.3) is 29.5 Å². The van der Waals surface area contributed by atoms with Crippen LogP contribution in [0.3, 0.4) is 0 Å². The number of benzene rings is 5. The highest BCUT2D eigenvalue weighted by atomic mass is 32.1. The molecule has 5 saturated heterocycles. The number of hydrogen-bond donors (Lipinski definition) is 5. The molecule has 14 aromatic heterocycles. The zero-order valence-electron chi connectivity index (χ0n) is 80.2. The summed E-state index contributed by atoms with van der Waals surface area (Å²) in [5.74, 6) is 8.79. The van der Waals surface area contributed by atoms with Crippen LogP contribution < -0.4 is 0 Å². The van der Waals surface area contributed by atoms with E-state index in [1.807, 2.05) is 121 Å². The second-order valence-corrected chi connectivity index (χ2v) is 39.7. The standard InChI is InChI=1S/4C21H18N6O3.C21H22N4O3S/c2*28-8-7-27-17(29)10-12-9-15-13(18(12)27)3-1-4-14(15)19-24-20(30-25-19)16-11-26-6-2-5-22-21(26)23-16;2*28-8-7-27-17(29)10-12-9-15-13(18(12)27)3-1-4-14(15)19-24-20(30-25-19)16-11-23-21-22-5-2-6-26(16)21;1-11(2)16-10-22-21(29-16)20-23-19(24-28-20)14-5-3-4-13-15(14)8-12-9-17(27)25(6-7-26)18(12)13/h4*1-6,11-12,18,28H,7-10H2;3-5,10-12,18,26H,6-9H2,1-2H3/t5*12-,18+/m10100/s1. The monoisotopic (exact) mass is 2020 g/mol. The van der Waals surface area contributed by atoms with Crippen LogP contribution in [0.25, 0.3) is 137 Å². The minimum absolute atomic E-state index is 0.00971. The van der Waals surface area contributed by atoms with Crippen molar-refractivity contribution < 1.29 is 72.1 Å². The second-order valence-electron chi connectivity index (χ2n) is 38.6. The molecule has 19 heterocycles. The molecular formula is C105H94N28O15S. The van der Waals surface area contributed by atoms with Crippen molar-refractivity contribution in [3.05, 3.63) is 256 Å². The number of amides is 5.